The van der Waals surface area contributed by atoms with Gasteiger partial charge in [0.05, 0.1) is 0 Å². The highest BCUT2D eigenvalue weighted by Crippen LogP contribution is 2.14. The molecule has 5 nitrogen and oxygen atoms in total. The van der Waals surface area contributed by atoms with Crippen molar-refractivity contribution in [2.24, 2.45) is 0 Å². The van der Waals surface area contributed by atoms with Crippen LogP contribution in [0.15, 0.2) is 24.3 Å². The number of rotatable bonds is 20. The van der Waals surface area contributed by atoms with Crippen molar-refractivity contribution >= 4 is 17.5 Å². The molecule has 1 rings (SSSR count). The zero-order chi connectivity index (χ0) is 23.3. The van der Waals surface area contributed by atoms with Crippen LogP contribution in [0.25, 0.3) is 0 Å². The highest BCUT2D eigenvalue weighted by atomic mass is 16.3. The highest BCUT2D eigenvalue weighted by molar-refractivity contribution is 6.03. The molecule has 1 aromatic carbocycles. The van der Waals surface area contributed by atoms with Crippen molar-refractivity contribution in [2.75, 3.05) is 11.9 Å². The molecule has 0 aliphatic heterocycles. The third-order valence-corrected chi connectivity index (χ3v) is 5.82. The number of hydrogen-bond donors (Lipinski definition) is 3. The number of phenolic OH excluding ortho intramolecular Hbond substituents is 1. The van der Waals surface area contributed by atoms with E-state index in [1.165, 1.54) is 102 Å². The van der Waals surface area contributed by atoms with Gasteiger partial charge in [0.25, 0.3) is 0 Å². The first-order valence-corrected chi connectivity index (χ1v) is 13.0. The average Bonchev–Trinajstić information content (AvgIpc) is 2.77. The number of nitrogens with one attached hydrogen (secondary N) is 2. The van der Waals surface area contributed by atoms with E-state index in [1.54, 1.807) is 12.1 Å². The summed E-state index contributed by atoms with van der Waals surface area (Å²) in [6.07, 6.45) is 21.1. The molecule has 0 unspecified atom stereocenters. The Morgan fingerprint density at radius 2 is 1.09 bits per heavy atom. The van der Waals surface area contributed by atoms with Gasteiger partial charge in [-0.1, -0.05) is 103 Å². The van der Waals surface area contributed by atoms with Crippen LogP contribution >= 0.6 is 0 Å². The van der Waals surface area contributed by atoms with Gasteiger partial charge in [0, 0.05) is 12.2 Å². The summed E-state index contributed by atoms with van der Waals surface area (Å²) in [6.45, 7) is 2.90. The molecule has 1 aromatic rings. The van der Waals surface area contributed by atoms with Crippen molar-refractivity contribution in [1.82, 2.24) is 5.32 Å². The molecule has 3 N–H and O–H groups in total. The maximum atomic E-state index is 11.9. The van der Waals surface area contributed by atoms with Gasteiger partial charge < -0.3 is 15.7 Å². The lowest BCUT2D eigenvalue weighted by atomic mass is 10.0. The Labute approximate surface area is 195 Å². The third-order valence-electron chi connectivity index (χ3n) is 5.82. The first-order valence-electron chi connectivity index (χ1n) is 13.0. The molecule has 0 saturated heterocycles. The zero-order valence-corrected chi connectivity index (χ0v) is 20.3. The molecular weight excluding hydrogens is 400 g/mol. The fourth-order valence-corrected chi connectivity index (χ4v) is 3.86. The lowest BCUT2D eigenvalue weighted by molar-refractivity contribution is -0.126. The number of anilines is 1. The number of benzene rings is 1. The predicted molar refractivity (Wildman–Crippen MR) is 134 cm³/mol. The zero-order valence-electron chi connectivity index (χ0n) is 20.3. The fourth-order valence-electron chi connectivity index (χ4n) is 3.86. The number of amides is 2. The van der Waals surface area contributed by atoms with Crippen molar-refractivity contribution in [3.8, 4) is 5.75 Å². The number of phenols is 1. The van der Waals surface area contributed by atoms with Crippen molar-refractivity contribution < 1.29 is 14.7 Å². The Bertz CT molecular complexity index is 601. The van der Waals surface area contributed by atoms with Crippen molar-refractivity contribution in [3.05, 3.63) is 24.3 Å². The van der Waals surface area contributed by atoms with Crippen LogP contribution in [0.2, 0.25) is 0 Å². The molecule has 0 atom stereocenters. The summed E-state index contributed by atoms with van der Waals surface area (Å²) in [7, 11) is 0. The third kappa shape index (κ3) is 16.6. The molecule has 0 heterocycles. The van der Waals surface area contributed by atoms with Gasteiger partial charge in [0.15, 0.2) is 0 Å². The van der Waals surface area contributed by atoms with Gasteiger partial charge in [0.2, 0.25) is 11.8 Å². The molecule has 0 fully saturated rings. The number of hydrogen-bond acceptors (Lipinski definition) is 3. The Morgan fingerprint density at radius 3 is 1.56 bits per heavy atom. The van der Waals surface area contributed by atoms with Gasteiger partial charge in [-0.05, 0) is 30.7 Å². The molecule has 0 bridgehead atoms. The van der Waals surface area contributed by atoms with Gasteiger partial charge in [-0.15, -0.1) is 0 Å². The van der Waals surface area contributed by atoms with Crippen molar-refractivity contribution in [2.45, 2.75) is 116 Å². The van der Waals surface area contributed by atoms with Gasteiger partial charge >= 0.3 is 0 Å². The molecule has 0 saturated carbocycles. The van der Waals surface area contributed by atoms with E-state index in [0.29, 0.717) is 12.2 Å². The topological polar surface area (TPSA) is 78.4 Å². The number of aromatic hydroxyl groups is 1. The van der Waals surface area contributed by atoms with E-state index >= 15 is 0 Å². The summed E-state index contributed by atoms with van der Waals surface area (Å²) in [5.74, 6) is -0.457. The van der Waals surface area contributed by atoms with Crippen LogP contribution in [0.5, 0.6) is 5.75 Å². The smallest absolute Gasteiger partial charge is 0.233 e. The minimum atomic E-state index is -0.347. The number of unbranched alkanes of at least 4 members (excludes halogenated alkanes) is 15. The standard InChI is InChI=1S/C27H46N2O3/c1-2-3-4-5-6-7-8-9-10-11-12-13-14-15-16-17-22-28-26(31)23-27(32)29-24-18-20-25(30)21-19-24/h18-21,30H,2-17,22-23H2,1H3,(H,28,31)(H,29,32). The van der Waals surface area contributed by atoms with E-state index in [4.69, 9.17) is 0 Å². The molecule has 0 spiro atoms. The van der Waals surface area contributed by atoms with Crippen LogP contribution in [-0.4, -0.2) is 23.5 Å². The summed E-state index contributed by atoms with van der Waals surface area (Å²) in [5, 5.41) is 14.7. The van der Waals surface area contributed by atoms with E-state index < -0.39 is 0 Å². The summed E-state index contributed by atoms with van der Waals surface area (Å²) >= 11 is 0. The number of carbonyl (C=O) groups is 2. The van der Waals surface area contributed by atoms with Gasteiger partial charge in [-0.3, -0.25) is 9.59 Å². The fraction of sp³-hybridized carbons (Fsp3) is 0.704. The Balaban J connectivity index is 1.83. The lowest BCUT2D eigenvalue weighted by Gasteiger charge is -2.07. The Morgan fingerprint density at radius 1 is 0.656 bits per heavy atom. The molecule has 0 aromatic heterocycles. The largest absolute Gasteiger partial charge is 0.508 e. The minimum absolute atomic E-state index is 0.138. The van der Waals surface area contributed by atoms with E-state index in [-0.39, 0.29) is 24.0 Å². The van der Waals surface area contributed by atoms with Crippen molar-refractivity contribution in [3.63, 3.8) is 0 Å². The normalized spacial score (nSPS) is 10.8. The molecular formula is C27H46N2O3. The van der Waals surface area contributed by atoms with Gasteiger partial charge in [0.1, 0.15) is 12.2 Å². The molecule has 0 aliphatic rings. The first-order chi connectivity index (χ1) is 15.6. The SMILES string of the molecule is CCCCCCCCCCCCCCCCCCNC(=O)CC(=O)Nc1ccc(O)cc1. The van der Waals surface area contributed by atoms with Crippen LogP contribution in [0.3, 0.4) is 0 Å². The van der Waals surface area contributed by atoms with E-state index in [0.717, 1.165) is 12.8 Å². The quantitative estimate of drug-likeness (QED) is 0.114. The predicted octanol–water partition coefficient (Wildman–Crippen LogP) is 7.10. The minimum Gasteiger partial charge on any atom is -0.508 e. The molecule has 2 amide bonds. The number of carbonyl (C=O) groups excluding carboxylic acids is 2. The summed E-state index contributed by atoms with van der Waals surface area (Å²) < 4.78 is 0. The van der Waals surface area contributed by atoms with E-state index in [9.17, 15) is 14.7 Å². The second-order valence-corrected chi connectivity index (χ2v) is 8.93. The van der Waals surface area contributed by atoms with Crippen LogP contribution in [0.1, 0.15) is 116 Å². The maximum absolute atomic E-state index is 11.9. The maximum Gasteiger partial charge on any atom is 0.233 e. The van der Waals surface area contributed by atoms with Gasteiger partial charge in [-0.25, -0.2) is 0 Å². The molecule has 0 radical (unpaired) electrons. The summed E-state index contributed by atoms with van der Waals surface area (Å²) in [6, 6.07) is 6.18. The Kier molecular flexibility index (Phi) is 17.2. The lowest BCUT2D eigenvalue weighted by Crippen LogP contribution is -2.28. The average molecular weight is 447 g/mol. The summed E-state index contributed by atoms with van der Waals surface area (Å²) in [5.41, 5.74) is 0.568. The molecule has 5 heteroatoms. The van der Waals surface area contributed by atoms with Crippen LogP contribution in [-0.2, 0) is 9.59 Å². The van der Waals surface area contributed by atoms with Crippen LogP contribution < -0.4 is 10.6 Å². The summed E-state index contributed by atoms with van der Waals surface area (Å²) in [4.78, 5) is 23.7. The highest BCUT2D eigenvalue weighted by Gasteiger charge is 2.09. The molecule has 0 aliphatic carbocycles. The second kappa shape index (κ2) is 19.6. The van der Waals surface area contributed by atoms with Crippen LogP contribution in [0, 0.1) is 0 Å². The first kappa shape index (κ1) is 28.0. The molecule has 32 heavy (non-hydrogen) atoms. The van der Waals surface area contributed by atoms with E-state index in [2.05, 4.69) is 17.6 Å². The Hall–Kier alpha value is -2.04. The monoisotopic (exact) mass is 446 g/mol. The second-order valence-electron chi connectivity index (χ2n) is 8.93. The van der Waals surface area contributed by atoms with Gasteiger partial charge in [-0.2, -0.15) is 0 Å². The van der Waals surface area contributed by atoms with Crippen LogP contribution in [0.4, 0.5) is 5.69 Å². The van der Waals surface area contributed by atoms with E-state index in [1.807, 2.05) is 0 Å². The van der Waals surface area contributed by atoms with Crippen molar-refractivity contribution in [1.29, 1.82) is 0 Å². The molecule has 182 valence electrons.